The summed E-state index contributed by atoms with van der Waals surface area (Å²) in [5.41, 5.74) is 3.39. The van der Waals surface area contributed by atoms with Crippen molar-refractivity contribution in [1.82, 2.24) is 15.5 Å². The molecule has 1 saturated carbocycles. The quantitative estimate of drug-likeness (QED) is 0.358. The van der Waals surface area contributed by atoms with E-state index in [1.165, 1.54) is 16.8 Å². The highest BCUT2D eigenvalue weighted by Crippen LogP contribution is 2.38. The van der Waals surface area contributed by atoms with Crippen molar-refractivity contribution in [2.75, 3.05) is 46.7 Å². The Morgan fingerprint density at radius 2 is 1.79 bits per heavy atom. The standard InChI is InChI=1S/C21H35N5O.HI/c1-16-13-18(25(3)4)10-9-17(16)14-23-20(22-2)24-15-21(11-7-8-12-21)19(27)26(5)6;/h9-10,13H,7-8,11-12,14-15H2,1-6H3,(H2,22,23,24);1H. The van der Waals surface area contributed by atoms with Crippen LogP contribution >= 0.6 is 24.0 Å². The van der Waals surface area contributed by atoms with Crippen LogP contribution in [0, 0.1) is 12.3 Å². The Balaban J connectivity index is 0.00000392. The highest BCUT2D eigenvalue weighted by molar-refractivity contribution is 14.0. The number of carbonyl (C=O) groups excluding carboxylic acids is 1. The third kappa shape index (κ3) is 5.99. The first-order valence-electron chi connectivity index (χ1n) is 9.72. The first-order chi connectivity index (χ1) is 12.8. The van der Waals surface area contributed by atoms with Gasteiger partial charge in [-0.15, -0.1) is 24.0 Å². The Hall–Kier alpha value is -1.51. The van der Waals surface area contributed by atoms with E-state index < -0.39 is 0 Å². The number of amides is 1. The Labute approximate surface area is 187 Å². The minimum Gasteiger partial charge on any atom is -0.378 e. The van der Waals surface area contributed by atoms with Crippen LogP contribution in [0.1, 0.15) is 36.8 Å². The topological polar surface area (TPSA) is 60.0 Å². The number of rotatable bonds is 6. The van der Waals surface area contributed by atoms with E-state index in [0.29, 0.717) is 13.1 Å². The molecule has 0 unspecified atom stereocenters. The van der Waals surface area contributed by atoms with Gasteiger partial charge < -0.3 is 20.4 Å². The molecule has 2 N–H and O–H groups in total. The number of hydrogen-bond acceptors (Lipinski definition) is 3. The lowest BCUT2D eigenvalue weighted by molar-refractivity contribution is -0.138. The van der Waals surface area contributed by atoms with Crippen LogP contribution in [0.5, 0.6) is 0 Å². The maximum absolute atomic E-state index is 12.7. The molecule has 1 aromatic carbocycles. The first-order valence-corrected chi connectivity index (χ1v) is 9.72. The number of hydrogen-bond donors (Lipinski definition) is 2. The smallest absolute Gasteiger partial charge is 0.230 e. The van der Waals surface area contributed by atoms with E-state index in [1.807, 2.05) is 28.2 Å². The van der Waals surface area contributed by atoms with Crippen molar-refractivity contribution >= 4 is 41.5 Å². The fraction of sp³-hybridized carbons (Fsp3) is 0.619. The SMILES string of the molecule is CN=C(NCc1ccc(N(C)C)cc1C)NCC1(C(=O)N(C)C)CCCC1.I. The number of nitrogens with one attached hydrogen (secondary N) is 2. The summed E-state index contributed by atoms with van der Waals surface area (Å²) in [6.07, 6.45) is 4.12. The minimum atomic E-state index is -0.301. The normalized spacial score (nSPS) is 15.6. The van der Waals surface area contributed by atoms with Crippen molar-refractivity contribution in [2.45, 2.75) is 39.2 Å². The molecule has 28 heavy (non-hydrogen) atoms. The Morgan fingerprint density at radius 1 is 1.14 bits per heavy atom. The maximum Gasteiger partial charge on any atom is 0.230 e. The Bertz CT molecular complexity index is 681. The Morgan fingerprint density at radius 3 is 2.29 bits per heavy atom. The summed E-state index contributed by atoms with van der Waals surface area (Å²) in [6.45, 7) is 3.46. The van der Waals surface area contributed by atoms with Crippen LogP contribution in [0.4, 0.5) is 5.69 Å². The number of benzene rings is 1. The van der Waals surface area contributed by atoms with Crippen LogP contribution in [0.15, 0.2) is 23.2 Å². The summed E-state index contributed by atoms with van der Waals surface area (Å²) in [5, 5.41) is 6.78. The molecule has 0 spiro atoms. The summed E-state index contributed by atoms with van der Waals surface area (Å²) in [4.78, 5) is 20.9. The molecule has 0 saturated heterocycles. The predicted octanol–water partition coefficient (Wildman–Crippen LogP) is 2.99. The zero-order valence-corrected chi connectivity index (χ0v) is 20.5. The van der Waals surface area contributed by atoms with Crippen LogP contribution in [-0.4, -0.2) is 58.5 Å². The van der Waals surface area contributed by atoms with E-state index in [1.54, 1.807) is 11.9 Å². The number of anilines is 1. The van der Waals surface area contributed by atoms with Crippen molar-refractivity contribution in [3.05, 3.63) is 29.3 Å². The zero-order chi connectivity index (χ0) is 20.0. The van der Waals surface area contributed by atoms with Crippen molar-refractivity contribution in [1.29, 1.82) is 0 Å². The average molecular weight is 501 g/mol. The van der Waals surface area contributed by atoms with Gasteiger partial charge in [-0.2, -0.15) is 0 Å². The lowest BCUT2D eigenvalue weighted by Gasteiger charge is -2.31. The molecule has 0 radical (unpaired) electrons. The summed E-state index contributed by atoms with van der Waals surface area (Å²) in [7, 11) is 9.55. The van der Waals surface area contributed by atoms with Crippen LogP contribution < -0.4 is 15.5 Å². The van der Waals surface area contributed by atoms with Gasteiger partial charge in [-0.05, 0) is 43.0 Å². The van der Waals surface area contributed by atoms with Gasteiger partial charge in [0.05, 0.1) is 5.41 Å². The van der Waals surface area contributed by atoms with Crippen molar-refractivity contribution in [3.8, 4) is 0 Å². The van der Waals surface area contributed by atoms with Gasteiger partial charge in [0, 0.05) is 54.0 Å². The molecular formula is C21H36IN5O. The highest BCUT2D eigenvalue weighted by Gasteiger charge is 2.42. The third-order valence-corrected chi connectivity index (χ3v) is 5.53. The van der Waals surface area contributed by atoms with Gasteiger partial charge in [-0.25, -0.2) is 0 Å². The summed E-state index contributed by atoms with van der Waals surface area (Å²) < 4.78 is 0. The molecule has 6 nitrogen and oxygen atoms in total. The molecular weight excluding hydrogens is 465 g/mol. The van der Waals surface area contributed by atoms with Crippen LogP contribution in [0.2, 0.25) is 0 Å². The molecule has 7 heteroatoms. The number of aryl methyl sites for hydroxylation is 1. The van der Waals surface area contributed by atoms with Gasteiger partial charge in [0.1, 0.15) is 0 Å². The number of aliphatic imine (C=N–C) groups is 1. The highest BCUT2D eigenvalue weighted by atomic mass is 127. The average Bonchev–Trinajstić information content (AvgIpc) is 3.12. The lowest BCUT2D eigenvalue weighted by Crippen LogP contribution is -2.49. The predicted molar refractivity (Wildman–Crippen MR) is 129 cm³/mol. The molecule has 158 valence electrons. The summed E-state index contributed by atoms with van der Waals surface area (Å²) in [5.74, 6) is 0.960. The van der Waals surface area contributed by atoms with Gasteiger partial charge in [0.25, 0.3) is 0 Å². The lowest BCUT2D eigenvalue weighted by atomic mass is 9.84. The second-order valence-corrected chi connectivity index (χ2v) is 7.97. The molecule has 0 heterocycles. The number of guanidine groups is 1. The monoisotopic (exact) mass is 501 g/mol. The fourth-order valence-corrected chi connectivity index (χ4v) is 3.80. The van der Waals surface area contributed by atoms with Crippen molar-refractivity contribution in [3.63, 3.8) is 0 Å². The number of halogens is 1. The van der Waals surface area contributed by atoms with E-state index >= 15 is 0 Å². The number of carbonyl (C=O) groups is 1. The van der Waals surface area contributed by atoms with Crippen LogP contribution in [0.3, 0.4) is 0 Å². The van der Waals surface area contributed by atoms with Gasteiger partial charge in [-0.1, -0.05) is 18.9 Å². The third-order valence-electron chi connectivity index (χ3n) is 5.53. The summed E-state index contributed by atoms with van der Waals surface area (Å²) >= 11 is 0. The van der Waals surface area contributed by atoms with Crippen molar-refractivity contribution < 1.29 is 4.79 Å². The molecule has 2 rings (SSSR count). The van der Waals surface area contributed by atoms with Crippen LogP contribution in [-0.2, 0) is 11.3 Å². The van der Waals surface area contributed by atoms with Gasteiger partial charge >= 0.3 is 0 Å². The molecule has 1 aromatic rings. The fourth-order valence-electron chi connectivity index (χ4n) is 3.80. The molecule has 0 atom stereocenters. The van der Waals surface area contributed by atoms with Crippen LogP contribution in [0.25, 0.3) is 0 Å². The molecule has 1 amide bonds. The summed E-state index contributed by atoms with van der Waals surface area (Å²) in [6, 6.07) is 6.47. The second-order valence-electron chi connectivity index (χ2n) is 7.97. The number of nitrogens with zero attached hydrogens (tertiary/aromatic N) is 3. The largest absolute Gasteiger partial charge is 0.378 e. The van der Waals surface area contributed by atoms with Gasteiger partial charge in [0.2, 0.25) is 5.91 Å². The van der Waals surface area contributed by atoms with Gasteiger partial charge in [0.15, 0.2) is 5.96 Å². The van der Waals surface area contributed by atoms with E-state index in [0.717, 1.165) is 31.6 Å². The van der Waals surface area contributed by atoms with E-state index in [4.69, 9.17) is 0 Å². The molecule has 1 aliphatic rings. The van der Waals surface area contributed by atoms with Gasteiger partial charge in [-0.3, -0.25) is 9.79 Å². The zero-order valence-electron chi connectivity index (χ0n) is 18.1. The van der Waals surface area contributed by atoms with E-state index in [9.17, 15) is 4.79 Å². The van der Waals surface area contributed by atoms with E-state index in [2.05, 4.69) is 45.6 Å². The minimum absolute atomic E-state index is 0. The maximum atomic E-state index is 12.7. The molecule has 0 bridgehead atoms. The molecule has 0 aliphatic heterocycles. The molecule has 1 fully saturated rings. The second kappa shape index (κ2) is 10.9. The molecule has 0 aromatic heterocycles. The van der Waals surface area contributed by atoms with Crippen molar-refractivity contribution in [2.24, 2.45) is 10.4 Å². The molecule has 1 aliphatic carbocycles. The van der Waals surface area contributed by atoms with E-state index in [-0.39, 0.29) is 35.3 Å². The Kier molecular flexibility index (Phi) is 9.53. The first kappa shape index (κ1) is 24.5.